The molecule has 0 aromatic heterocycles. The zero-order valence-electron chi connectivity index (χ0n) is 9.66. The molecule has 1 amide bonds. The lowest BCUT2D eigenvalue weighted by molar-refractivity contribution is -0.118. The minimum absolute atomic E-state index is 0.0691. The van der Waals surface area contributed by atoms with Gasteiger partial charge in [-0.05, 0) is 32.1 Å². The van der Waals surface area contributed by atoms with E-state index in [0.29, 0.717) is 12.1 Å². The molecule has 1 N–H and O–H groups in total. The van der Waals surface area contributed by atoms with Crippen LogP contribution in [-0.2, 0) is 4.79 Å². The molecule has 0 aliphatic heterocycles. The summed E-state index contributed by atoms with van der Waals surface area (Å²) in [6.45, 7) is 0.789. The Balaban J connectivity index is 2.60. The normalized spacial score (nSPS) is 10.2. The molecule has 0 heterocycles. The van der Waals surface area contributed by atoms with Gasteiger partial charge in [0.25, 0.3) is 0 Å². The molecule has 1 aromatic carbocycles. The molecular weight excluding hydrogens is 207 g/mol. The number of nitrogens with zero attached hydrogens (tertiary/aromatic N) is 1. The van der Waals surface area contributed by atoms with Crippen molar-refractivity contribution in [1.29, 1.82) is 0 Å². The summed E-state index contributed by atoms with van der Waals surface area (Å²) in [5.41, 5.74) is 0.331. The van der Waals surface area contributed by atoms with Crippen molar-refractivity contribution in [2.24, 2.45) is 0 Å². The van der Waals surface area contributed by atoms with Crippen molar-refractivity contribution in [3.05, 3.63) is 30.1 Å². The molecule has 0 radical (unpaired) electrons. The van der Waals surface area contributed by atoms with Gasteiger partial charge in [0.15, 0.2) is 0 Å². The third-order valence-electron chi connectivity index (χ3n) is 2.41. The first-order chi connectivity index (χ1) is 7.66. The van der Waals surface area contributed by atoms with Gasteiger partial charge in [0.2, 0.25) is 5.91 Å². The van der Waals surface area contributed by atoms with Gasteiger partial charge in [0, 0.05) is 13.5 Å². The van der Waals surface area contributed by atoms with Gasteiger partial charge in [-0.1, -0.05) is 12.1 Å². The zero-order chi connectivity index (χ0) is 12.0. The van der Waals surface area contributed by atoms with Gasteiger partial charge >= 0.3 is 0 Å². The number of carbonyl (C=O) groups is 1. The van der Waals surface area contributed by atoms with Gasteiger partial charge in [-0.15, -0.1) is 0 Å². The van der Waals surface area contributed by atoms with Crippen LogP contribution in [0.4, 0.5) is 10.1 Å². The Labute approximate surface area is 95.3 Å². The van der Waals surface area contributed by atoms with Gasteiger partial charge in [-0.3, -0.25) is 4.79 Å². The number of benzene rings is 1. The van der Waals surface area contributed by atoms with Crippen LogP contribution < -0.4 is 10.2 Å². The Hall–Kier alpha value is -1.42. The highest BCUT2D eigenvalue weighted by atomic mass is 19.1. The number of halogens is 1. The first-order valence-electron chi connectivity index (χ1n) is 5.32. The maximum absolute atomic E-state index is 13.4. The van der Waals surface area contributed by atoms with E-state index in [0.717, 1.165) is 13.0 Å². The Morgan fingerprint density at radius 3 is 2.75 bits per heavy atom. The van der Waals surface area contributed by atoms with Gasteiger partial charge in [-0.2, -0.15) is 0 Å². The van der Waals surface area contributed by atoms with E-state index in [1.165, 1.54) is 11.0 Å². The Kier molecular flexibility index (Phi) is 4.92. The summed E-state index contributed by atoms with van der Waals surface area (Å²) < 4.78 is 13.4. The van der Waals surface area contributed by atoms with Crippen molar-refractivity contribution in [1.82, 2.24) is 5.32 Å². The molecule has 0 aliphatic rings. The highest BCUT2D eigenvalue weighted by molar-refractivity contribution is 5.92. The van der Waals surface area contributed by atoms with E-state index in [9.17, 15) is 9.18 Å². The highest BCUT2D eigenvalue weighted by Gasteiger charge is 2.13. The molecular formula is C12H17FN2O. The fourth-order valence-electron chi connectivity index (χ4n) is 1.44. The van der Waals surface area contributed by atoms with Crippen LogP contribution in [0.1, 0.15) is 12.8 Å². The quantitative estimate of drug-likeness (QED) is 0.773. The Morgan fingerprint density at radius 2 is 2.12 bits per heavy atom. The third-order valence-corrected chi connectivity index (χ3v) is 2.41. The number of hydrogen-bond donors (Lipinski definition) is 1. The minimum atomic E-state index is -0.369. The summed E-state index contributed by atoms with van der Waals surface area (Å²) >= 11 is 0. The molecule has 16 heavy (non-hydrogen) atoms. The fraction of sp³-hybridized carbons (Fsp3) is 0.417. The van der Waals surface area contributed by atoms with E-state index in [-0.39, 0.29) is 11.7 Å². The maximum Gasteiger partial charge on any atom is 0.226 e. The second kappa shape index (κ2) is 6.23. The summed E-state index contributed by atoms with van der Waals surface area (Å²) in [4.78, 5) is 13.1. The molecule has 1 aromatic rings. The van der Waals surface area contributed by atoms with Crippen molar-refractivity contribution in [3.63, 3.8) is 0 Å². The topological polar surface area (TPSA) is 32.3 Å². The molecule has 1 rings (SSSR count). The standard InChI is InChI=1S/C12H17FN2O/c1-14-9-5-8-12(16)15(2)11-7-4-3-6-10(11)13/h3-4,6-7,14H,5,8-9H2,1-2H3. The molecule has 0 atom stereocenters. The molecule has 3 nitrogen and oxygen atoms in total. The van der Waals surface area contributed by atoms with Crippen LogP contribution in [0.5, 0.6) is 0 Å². The van der Waals surface area contributed by atoms with Crippen LogP contribution in [0.3, 0.4) is 0 Å². The van der Waals surface area contributed by atoms with E-state index in [4.69, 9.17) is 0 Å². The monoisotopic (exact) mass is 224 g/mol. The van der Waals surface area contributed by atoms with E-state index in [1.807, 2.05) is 7.05 Å². The molecule has 0 fully saturated rings. The van der Waals surface area contributed by atoms with E-state index in [2.05, 4.69) is 5.32 Å². The largest absolute Gasteiger partial charge is 0.320 e. The van der Waals surface area contributed by atoms with Gasteiger partial charge in [-0.25, -0.2) is 4.39 Å². The van der Waals surface area contributed by atoms with Crippen LogP contribution in [0.25, 0.3) is 0 Å². The van der Waals surface area contributed by atoms with E-state index in [1.54, 1.807) is 25.2 Å². The summed E-state index contributed by atoms with van der Waals surface area (Å²) in [6.07, 6.45) is 1.18. The first kappa shape index (κ1) is 12.6. The molecule has 0 saturated carbocycles. The zero-order valence-corrected chi connectivity index (χ0v) is 9.66. The lowest BCUT2D eigenvalue weighted by Gasteiger charge is -2.17. The molecule has 0 spiro atoms. The summed E-state index contributed by atoms with van der Waals surface area (Å²) in [6, 6.07) is 6.28. The van der Waals surface area contributed by atoms with E-state index >= 15 is 0 Å². The van der Waals surface area contributed by atoms with Crippen LogP contribution >= 0.6 is 0 Å². The Morgan fingerprint density at radius 1 is 1.44 bits per heavy atom. The van der Waals surface area contributed by atoms with Crippen molar-refractivity contribution in [2.75, 3.05) is 25.5 Å². The van der Waals surface area contributed by atoms with Crippen molar-refractivity contribution >= 4 is 11.6 Å². The van der Waals surface area contributed by atoms with Crippen molar-refractivity contribution in [3.8, 4) is 0 Å². The Bertz CT molecular complexity index is 355. The maximum atomic E-state index is 13.4. The summed E-state index contributed by atoms with van der Waals surface area (Å²) in [5.74, 6) is -0.438. The van der Waals surface area contributed by atoms with Gasteiger partial charge in [0.05, 0.1) is 5.69 Å². The third kappa shape index (κ3) is 3.31. The fourth-order valence-corrected chi connectivity index (χ4v) is 1.44. The lowest BCUT2D eigenvalue weighted by Crippen LogP contribution is -2.27. The molecule has 0 aliphatic carbocycles. The lowest BCUT2D eigenvalue weighted by atomic mass is 10.2. The van der Waals surface area contributed by atoms with Crippen LogP contribution in [-0.4, -0.2) is 26.5 Å². The van der Waals surface area contributed by atoms with Crippen LogP contribution in [0.2, 0.25) is 0 Å². The molecule has 0 saturated heterocycles. The molecule has 88 valence electrons. The van der Waals surface area contributed by atoms with Crippen molar-refractivity contribution < 1.29 is 9.18 Å². The summed E-state index contributed by atoms with van der Waals surface area (Å²) in [7, 11) is 3.44. The van der Waals surface area contributed by atoms with Crippen molar-refractivity contribution in [2.45, 2.75) is 12.8 Å². The molecule has 0 unspecified atom stereocenters. The molecule has 0 bridgehead atoms. The number of amides is 1. The first-order valence-corrected chi connectivity index (χ1v) is 5.32. The predicted octanol–water partition coefficient (Wildman–Crippen LogP) is 1.79. The average molecular weight is 224 g/mol. The molecule has 4 heteroatoms. The SMILES string of the molecule is CNCCCC(=O)N(C)c1ccccc1F. The summed E-state index contributed by atoms with van der Waals surface area (Å²) in [5, 5.41) is 2.97. The van der Waals surface area contributed by atoms with Gasteiger partial charge in [0.1, 0.15) is 5.82 Å². The smallest absolute Gasteiger partial charge is 0.226 e. The second-order valence-corrected chi connectivity index (χ2v) is 3.61. The van der Waals surface area contributed by atoms with Crippen LogP contribution in [0.15, 0.2) is 24.3 Å². The number of carbonyl (C=O) groups excluding carboxylic acids is 1. The van der Waals surface area contributed by atoms with Crippen LogP contribution in [0, 0.1) is 5.82 Å². The van der Waals surface area contributed by atoms with E-state index < -0.39 is 0 Å². The average Bonchev–Trinajstić information content (AvgIpc) is 2.29. The number of nitrogens with one attached hydrogen (secondary N) is 1. The number of hydrogen-bond acceptors (Lipinski definition) is 2. The predicted molar refractivity (Wildman–Crippen MR) is 63.0 cm³/mol. The number of rotatable bonds is 5. The number of para-hydroxylation sites is 1. The van der Waals surface area contributed by atoms with Gasteiger partial charge < -0.3 is 10.2 Å². The second-order valence-electron chi connectivity index (χ2n) is 3.61. The highest BCUT2D eigenvalue weighted by Crippen LogP contribution is 2.17. The number of anilines is 1. The minimum Gasteiger partial charge on any atom is -0.320 e.